The van der Waals surface area contributed by atoms with Crippen LogP contribution in [0.15, 0.2) is 34.7 Å². The van der Waals surface area contributed by atoms with Crippen molar-refractivity contribution < 1.29 is 0 Å². The summed E-state index contributed by atoms with van der Waals surface area (Å²) in [6.45, 7) is 0. The molecular formula is C9H8Cl2N2. The minimum Gasteiger partial charge on any atom is -0.348 e. The molecule has 0 fully saturated rings. The highest BCUT2D eigenvalue weighted by molar-refractivity contribution is 6.44. The van der Waals surface area contributed by atoms with Crippen LogP contribution in [-0.4, -0.2) is 9.97 Å². The number of nitrogens with one attached hydrogen (secondary N) is 1. The second kappa shape index (κ2) is 3.56. The molecule has 1 atom stereocenters. The molecule has 1 aromatic rings. The average Bonchev–Trinajstić information content (AvgIpc) is 2.62. The molecule has 4 heteroatoms. The predicted molar refractivity (Wildman–Crippen MR) is 53.8 cm³/mol. The summed E-state index contributed by atoms with van der Waals surface area (Å²) in [4.78, 5) is 7.02. The van der Waals surface area contributed by atoms with E-state index in [4.69, 9.17) is 23.2 Å². The highest BCUT2D eigenvalue weighted by atomic mass is 35.5. The van der Waals surface area contributed by atoms with Crippen molar-refractivity contribution in [1.82, 2.24) is 9.97 Å². The second-order valence-electron chi connectivity index (χ2n) is 2.92. The minimum atomic E-state index is 0.275. The van der Waals surface area contributed by atoms with E-state index in [0.29, 0.717) is 10.1 Å². The van der Waals surface area contributed by atoms with Crippen molar-refractivity contribution in [2.75, 3.05) is 0 Å². The van der Waals surface area contributed by atoms with Crippen LogP contribution >= 0.6 is 23.2 Å². The van der Waals surface area contributed by atoms with Crippen LogP contribution in [0.3, 0.4) is 0 Å². The normalized spacial score (nSPS) is 22.5. The third kappa shape index (κ3) is 1.79. The fourth-order valence-corrected chi connectivity index (χ4v) is 1.72. The van der Waals surface area contributed by atoms with Crippen molar-refractivity contribution in [2.45, 2.75) is 12.3 Å². The van der Waals surface area contributed by atoms with Gasteiger partial charge in [-0.25, -0.2) is 4.98 Å². The first-order valence-electron chi connectivity index (χ1n) is 3.99. The van der Waals surface area contributed by atoms with Crippen LogP contribution in [0.5, 0.6) is 0 Å². The summed E-state index contributed by atoms with van der Waals surface area (Å²) in [5, 5.41) is 1.25. The quantitative estimate of drug-likeness (QED) is 0.765. The zero-order valence-electron chi connectivity index (χ0n) is 6.80. The summed E-state index contributed by atoms with van der Waals surface area (Å²) >= 11 is 11.7. The zero-order valence-corrected chi connectivity index (χ0v) is 8.31. The van der Waals surface area contributed by atoms with Crippen molar-refractivity contribution in [1.29, 1.82) is 0 Å². The Morgan fingerprint density at radius 1 is 1.38 bits per heavy atom. The molecule has 0 aliphatic heterocycles. The van der Waals surface area contributed by atoms with Crippen molar-refractivity contribution in [3.8, 4) is 0 Å². The maximum absolute atomic E-state index is 5.91. The topological polar surface area (TPSA) is 28.7 Å². The summed E-state index contributed by atoms with van der Waals surface area (Å²) in [5.41, 5.74) is 1.07. The van der Waals surface area contributed by atoms with Gasteiger partial charge in [0.15, 0.2) is 0 Å². The van der Waals surface area contributed by atoms with E-state index in [2.05, 4.69) is 9.97 Å². The smallest absolute Gasteiger partial charge is 0.0921 e. The Kier molecular flexibility index (Phi) is 2.42. The molecule has 0 spiro atoms. The third-order valence-electron chi connectivity index (χ3n) is 2.05. The molecule has 0 amide bonds. The maximum atomic E-state index is 5.91. The Balaban J connectivity index is 2.23. The minimum absolute atomic E-state index is 0.275. The van der Waals surface area contributed by atoms with E-state index in [0.717, 1.165) is 12.1 Å². The average molecular weight is 215 g/mol. The van der Waals surface area contributed by atoms with Gasteiger partial charge in [-0.2, -0.15) is 0 Å². The Bertz CT molecular complexity index is 352. The fraction of sp³-hybridized carbons (Fsp3) is 0.222. The van der Waals surface area contributed by atoms with Gasteiger partial charge in [-0.1, -0.05) is 35.4 Å². The van der Waals surface area contributed by atoms with Gasteiger partial charge in [-0.05, 0) is 6.42 Å². The van der Waals surface area contributed by atoms with Gasteiger partial charge < -0.3 is 4.98 Å². The van der Waals surface area contributed by atoms with Crippen LogP contribution in [0, 0.1) is 0 Å². The number of aromatic nitrogens is 2. The van der Waals surface area contributed by atoms with Gasteiger partial charge in [-0.3, -0.25) is 0 Å². The molecule has 68 valence electrons. The van der Waals surface area contributed by atoms with E-state index >= 15 is 0 Å². The monoisotopic (exact) mass is 214 g/mol. The van der Waals surface area contributed by atoms with Gasteiger partial charge in [0.25, 0.3) is 0 Å². The number of rotatable bonds is 1. The molecule has 2 nitrogen and oxygen atoms in total. The molecule has 0 radical (unpaired) electrons. The number of allylic oxidation sites excluding steroid dienone is 4. The molecule has 0 saturated carbocycles. The second-order valence-corrected chi connectivity index (χ2v) is 3.73. The number of hydrogen-bond donors (Lipinski definition) is 1. The summed E-state index contributed by atoms with van der Waals surface area (Å²) < 4.78 is 0. The largest absolute Gasteiger partial charge is 0.348 e. The summed E-state index contributed by atoms with van der Waals surface area (Å²) in [6, 6.07) is 0. The molecule has 1 unspecified atom stereocenters. The third-order valence-corrected chi connectivity index (χ3v) is 2.83. The van der Waals surface area contributed by atoms with Crippen molar-refractivity contribution in [3.05, 3.63) is 40.4 Å². The van der Waals surface area contributed by atoms with Gasteiger partial charge in [-0.15, -0.1) is 0 Å². The Labute approximate surface area is 86.3 Å². The predicted octanol–water partition coefficient (Wildman–Crippen LogP) is 3.14. The van der Waals surface area contributed by atoms with E-state index in [9.17, 15) is 0 Å². The standard InChI is InChI=1S/C9H8Cl2N2/c10-7-2-1-6(3-8(7)11)9-4-12-5-13-9/h2-6H,1H2,(H,12,13). The lowest BCUT2D eigenvalue weighted by Crippen LogP contribution is -1.99. The zero-order chi connectivity index (χ0) is 9.26. The maximum Gasteiger partial charge on any atom is 0.0921 e. The number of H-pyrrole nitrogens is 1. The molecule has 1 N–H and O–H groups in total. The molecular weight excluding hydrogens is 207 g/mol. The van der Waals surface area contributed by atoms with Crippen LogP contribution in [0.4, 0.5) is 0 Å². The molecule has 13 heavy (non-hydrogen) atoms. The Morgan fingerprint density at radius 2 is 2.23 bits per heavy atom. The van der Waals surface area contributed by atoms with Gasteiger partial charge in [0.1, 0.15) is 0 Å². The van der Waals surface area contributed by atoms with Crippen LogP contribution in [0.2, 0.25) is 0 Å². The highest BCUT2D eigenvalue weighted by Gasteiger charge is 2.15. The molecule has 0 bridgehead atoms. The number of hydrogen-bond acceptors (Lipinski definition) is 1. The van der Waals surface area contributed by atoms with E-state index in [-0.39, 0.29) is 5.92 Å². The van der Waals surface area contributed by atoms with E-state index < -0.39 is 0 Å². The first kappa shape index (κ1) is 8.85. The lowest BCUT2D eigenvalue weighted by Gasteiger charge is -2.13. The van der Waals surface area contributed by atoms with Gasteiger partial charge >= 0.3 is 0 Å². The van der Waals surface area contributed by atoms with E-state index in [1.54, 1.807) is 12.5 Å². The van der Waals surface area contributed by atoms with Crippen LogP contribution in [0.25, 0.3) is 0 Å². The highest BCUT2D eigenvalue weighted by Crippen LogP contribution is 2.32. The molecule has 2 rings (SSSR count). The van der Waals surface area contributed by atoms with E-state index in [1.807, 2.05) is 12.2 Å². The first-order valence-corrected chi connectivity index (χ1v) is 4.74. The lowest BCUT2D eigenvalue weighted by atomic mass is 9.98. The Morgan fingerprint density at radius 3 is 2.85 bits per heavy atom. The molecule has 0 aromatic carbocycles. The molecule has 1 heterocycles. The van der Waals surface area contributed by atoms with Crippen molar-refractivity contribution in [2.24, 2.45) is 0 Å². The van der Waals surface area contributed by atoms with Crippen LogP contribution in [0.1, 0.15) is 18.0 Å². The SMILES string of the molecule is ClC1=CCC(c2cnc[nH]2)C=C1Cl. The first-order chi connectivity index (χ1) is 6.27. The van der Waals surface area contributed by atoms with Gasteiger partial charge in [0.2, 0.25) is 0 Å². The van der Waals surface area contributed by atoms with Crippen LogP contribution in [-0.2, 0) is 0 Å². The summed E-state index contributed by atoms with van der Waals surface area (Å²) in [7, 11) is 0. The van der Waals surface area contributed by atoms with Crippen LogP contribution < -0.4 is 0 Å². The summed E-state index contributed by atoms with van der Waals surface area (Å²) in [6.07, 6.45) is 8.21. The van der Waals surface area contributed by atoms with Crippen molar-refractivity contribution >= 4 is 23.2 Å². The Hall–Kier alpha value is -0.730. The van der Waals surface area contributed by atoms with Gasteiger partial charge in [0, 0.05) is 17.8 Å². The lowest BCUT2D eigenvalue weighted by molar-refractivity contribution is 0.819. The molecule has 1 aromatic heterocycles. The number of halogens is 2. The number of imidazole rings is 1. The number of aromatic amines is 1. The number of nitrogens with zero attached hydrogens (tertiary/aromatic N) is 1. The van der Waals surface area contributed by atoms with E-state index in [1.165, 1.54) is 0 Å². The molecule has 1 aliphatic rings. The molecule has 0 saturated heterocycles. The summed E-state index contributed by atoms with van der Waals surface area (Å²) in [5.74, 6) is 0.275. The fourth-order valence-electron chi connectivity index (χ4n) is 1.34. The molecule has 1 aliphatic carbocycles. The van der Waals surface area contributed by atoms with Crippen molar-refractivity contribution in [3.63, 3.8) is 0 Å². The van der Waals surface area contributed by atoms with Gasteiger partial charge in [0.05, 0.1) is 16.4 Å².